The molecular formula is C19H18FN7OS. The molecule has 8 nitrogen and oxygen atoms in total. The summed E-state index contributed by atoms with van der Waals surface area (Å²) in [6.07, 6.45) is 4.34. The van der Waals surface area contributed by atoms with Crippen molar-refractivity contribution in [3.63, 3.8) is 0 Å². The maximum atomic E-state index is 15.1. The zero-order valence-corrected chi connectivity index (χ0v) is 16.4. The quantitative estimate of drug-likeness (QED) is 0.499. The molecule has 0 bridgehead atoms. The highest BCUT2D eigenvalue weighted by molar-refractivity contribution is 7.11. The lowest BCUT2D eigenvalue weighted by atomic mass is 10.2. The van der Waals surface area contributed by atoms with E-state index in [4.69, 9.17) is 4.74 Å². The van der Waals surface area contributed by atoms with Gasteiger partial charge >= 0.3 is 0 Å². The van der Waals surface area contributed by atoms with Crippen molar-refractivity contribution in [2.24, 2.45) is 5.92 Å². The maximum Gasteiger partial charge on any atom is 0.256 e. The number of fused-ring (bicyclic) bond motifs is 1. The van der Waals surface area contributed by atoms with E-state index < -0.39 is 5.82 Å². The van der Waals surface area contributed by atoms with E-state index in [1.807, 2.05) is 25.1 Å². The minimum atomic E-state index is -0.572. The van der Waals surface area contributed by atoms with Crippen molar-refractivity contribution in [1.82, 2.24) is 29.8 Å². The van der Waals surface area contributed by atoms with Crippen LogP contribution >= 0.6 is 11.3 Å². The van der Waals surface area contributed by atoms with Crippen LogP contribution in [0.1, 0.15) is 28.0 Å². The Balaban J connectivity index is 1.32. The first-order valence-corrected chi connectivity index (χ1v) is 10.1. The van der Waals surface area contributed by atoms with Gasteiger partial charge in [0.05, 0.1) is 19.3 Å². The van der Waals surface area contributed by atoms with Crippen LogP contribution in [0.15, 0.2) is 36.7 Å². The summed E-state index contributed by atoms with van der Waals surface area (Å²) in [4.78, 5) is 8.66. The van der Waals surface area contributed by atoms with Crippen molar-refractivity contribution in [3.8, 4) is 5.88 Å². The second-order valence-corrected chi connectivity index (χ2v) is 8.18. The van der Waals surface area contributed by atoms with Gasteiger partial charge < -0.3 is 10.1 Å². The largest absolute Gasteiger partial charge is 0.475 e. The van der Waals surface area contributed by atoms with Crippen molar-refractivity contribution < 1.29 is 9.13 Å². The molecule has 29 heavy (non-hydrogen) atoms. The minimum absolute atomic E-state index is 0.0272. The van der Waals surface area contributed by atoms with Crippen LogP contribution in [-0.2, 0) is 6.54 Å². The number of hydrogen-bond donors (Lipinski definition) is 1. The molecule has 0 aliphatic heterocycles. The number of pyridine rings is 1. The number of rotatable bonds is 7. The van der Waals surface area contributed by atoms with Crippen LogP contribution in [0, 0.1) is 18.7 Å². The maximum absolute atomic E-state index is 15.1. The predicted octanol–water partition coefficient (Wildman–Crippen LogP) is 3.22. The molecule has 1 fully saturated rings. The Morgan fingerprint density at radius 3 is 3.00 bits per heavy atom. The number of nitrogens with zero attached hydrogens (tertiary/aromatic N) is 6. The van der Waals surface area contributed by atoms with Gasteiger partial charge in [0.2, 0.25) is 5.82 Å². The molecule has 0 spiro atoms. The number of aryl methyl sites for hydroxylation is 1. The zero-order chi connectivity index (χ0) is 19.8. The third kappa shape index (κ3) is 3.63. The van der Waals surface area contributed by atoms with E-state index in [0.717, 1.165) is 22.1 Å². The monoisotopic (exact) mass is 411 g/mol. The number of halogens is 1. The van der Waals surface area contributed by atoms with Gasteiger partial charge in [0, 0.05) is 29.8 Å². The van der Waals surface area contributed by atoms with Crippen molar-refractivity contribution in [2.75, 3.05) is 11.9 Å². The van der Waals surface area contributed by atoms with E-state index in [1.54, 1.807) is 18.5 Å². The Hall–Kier alpha value is -3.14. The first kappa shape index (κ1) is 17.9. The molecule has 0 aromatic carbocycles. The molecule has 4 aromatic heterocycles. The number of anilines is 1. The van der Waals surface area contributed by atoms with Crippen LogP contribution in [0.2, 0.25) is 0 Å². The number of hydrogen-bond acceptors (Lipinski definition) is 8. The van der Waals surface area contributed by atoms with Gasteiger partial charge in [-0.25, -0.2) is 0 Å². The lowest BCUT2D eigenvalue weighted by molar-refractivity contribution is 0.271. The fraction of sp³-hybridized carbons (Fsp3) is 0.316. The van der Waals surface area contributed by atoms with Gasteiger partial charge in [-0.2, -0.15) is 19.0 Å². The Morgan fingerprint density at radius 1 is 1.28 bits per heavy atom. The van der Waals surface area contributed by atoms with Crippen LogP contribution < -0.4 is 10.1 Å². The minimum Gasteiger partial charge on any atom is -0.475 e. The average molecular weight is 411 g/mol. The van der Waals surface area contributed by atoms with E-state index in [9.17, 15) is 0 Å². The van der Waals surface area contributed by atoms with Gasteiger partial charge in [0.25, 0.3) is 5.88 Å². The summed E-state index contributed by atoms with van der Waals surface area (Å²) in [5.74, 6) is 0.266. The highest BCUT2D eigenvalue weighted by atomic mass is 32.1. The summed E-state index contributed by atoms with van der Waals surface area (Å²) >= 11 is 1.46. The van der Waals surface area contributed by atoms with Crippen LogP contribution in [0.4, 0.5) is 10.2 Å². The van der Waals surface area contributed by atoms with Crippen LogP contribution in [0.3, 0.4) is 0 Å². The number of aromatic nitrogens is 6. The normalized spacial score (nSPS) is 18.1. The molecule has 5 rings (SSSR count). The Bertz CT molecular complexity index is 1150. The van der Waals surface area contributed by atoms with Crippen LogP contribution in [0.5, 0.6) is 5.88 Å². The molecule has 4 heterocycles. The Labute approximate surface area is 169 Å². The fourth-order valence-electron chi connectivity index (χ4n) is 3.29. The first-order valence-electron chi connectivity index (χ1n) is 9.29. The third-order valence-corrected chi connectivity index (χ3v) is 5.68. The van der Waals surface area contributed by atoms with E-state index in [1.165, 1.54) is 15.9 Å². The summed E-state index contributed by atoms with van der Waals surface area (Å²) < 4.78 is 22.3. The summed E-state index contributed by atoms with van der Waals surface area (Å²) in [5.41, 5.74) is 1.56. The summed E-state index contributed by atoms with van der Waals surface area (Å²) in [6, 6.07) is 7.60. The molecule has 0 saturated heterocycles. The molecule has 148 valence electrons. The van der Waals surface area contributed by atoms with Gasteiger partial charge in [-0.05, 0) is 25.5 Å². The van der Waals surface area contributed by atoms with Crippen LogP contribution in [0.25, 0.3) is 5.65 Å². The molecule has 1 N–H and O–H groups in total. The van der Waals surface area contributed by atoms with Gasteiger partial charge in [0.1, 0.15) is 10.0 Å². The lowest BCUT2D eigenvalue weighted by Gasteiger charge is -2.12. The summed E-state index contributed by atoms with van der Waals surface area (Å²) in [6.45, 7) is 2.61. The van der Waals surface area contributed by atoms with E-state index in [-0.39, 0.29) is 11.7 Å². The van der Waals surface area contributed by atoms with Gasteiger partial charge in [-0.1, -0.05) is 17.4 Å². The fourth-order valence-corrected chi connectivity index (χ4v) is 3.94. The van der Waals surface area contributed by atoms with Crippen molar-refractivity contribution >= 4 is 22.8 Å². The molecular weight excluding hydrogens is 393 g/mol. The third-order valence-electron chi connectivity index (χ3n) is 4.85. The van der Waals surface area contributed by atoms with Crippen molar-refractivity contribution in [3.05, 3.63) is 58.2 Å². The highest BCUT2D eigenvalue weighted by Gasteiger charge is 2.40. The summed E-state index contributed by atoms with van der Waals surface area (Å²) in [5, 5.41) is 16.9. The van der Waals surface area contributed by atoms with Crippen molar-refractivity contribution in [2.45, 2.75) is 25.8 Å². The molecule has 10 heteroatoms. The van der Waals surface area contributed by atoms with Gasteiger partial charge in [0.15, 0.2) is 11.5 Å². The van der Waals surface area contributed by atoms with E-state index in [2.05, 4.69) is 30.6 Å². The second kappa shape index (κ2) is 7.36. The molecule has 1 saturated carbocycles. The van der Waals surface area contributed by atoms with Crippen molar-refractivity contribution in [1.29, 1.82) is 0 Å². The predicted molar refractivity (Wildman–Crippen MR) is 105 cm³/mol. The molecule has 0 unspecified atom stereocenters. The van der Waals surface area contributed by atoms with Gasteiger partial charge in [-0.3, -0.25) is 4.98 Å². The average Bonchev–Trinajstić information content (AvgIpc) is 3.15. The smallest absolute Gasteiger partial charge is 0.256 e. The molecule has 2 atom stereocenters. The molecule has 1 aliphatic rings. The molecule has 0 radical (unpaired) electrons. The topological polar surface area (TPSA) is 90.1 Å². The zero-order valence-electron chi connectivity index (χ0n) is 15.6. The Morgan fingerprint density at radius 2 is 2.21 bits per heavy atom. The molecule has 4 aromatic rings. The molecule has 0 amide bonds. The Kier molecular flexibility index (Phi) is 4.55. The second-order valence-electron chi connectivity index (χ2n) is 6.92. The number of nitrogens with one attached hydrogen (secondary N) is 1. The van der Waals surface area contributed by atoms with E-state index >= 15 is 4.39 Å². The lowest BCUT2D eigenvalue weighted by Crippen LogP contribution is -2.12. The SMILES string of the molecule is Cc1nnc(CNc2c(F)c(OC[C@@H]3C[C@H]3c3ccccn3)nc3ccnn23)s1. The summed E-state index contributed by atoms with van der Waals surface area (Å²) in [7, 11) is 0. The highest BCUT2D eigenvalue weighted by Crippen LogP contribution is 2.46. The van der Waals surface area contributed by atoms with Gasteiger partial charge in [-0.15, -0.1) is 10.2 Å². The standard InChI is InChI=1S/C19H18FN7OS/c1-11-25-26-16(29-11)9-22-18-17(20)19(24-15-5-7-23-27(15)18)28-10-12-8-13(12)14-4-2-3-6-21-14/h2-7,12-13,22H,8-10H2,1H3/t12-,13+/m0/s1. The molecule has 1 aliphatic carbocycles. The van der Waals surface area contributed by atoms with E-state index in [0.29, 0.717) is 30.6 Å². The number of ether oxygens (including phenoxy) is 1. The first-order chi connectivity index (χ1) is 14.2. The van der Waals surface area contributed by atoms with Crippen LogP contribution in [-0.4, -0.2) is 36.4 Å².